The van der Waals surface area contributed by atoms with Crippen LogP contribution in [0.5, 0.6) is 5.75 Å². The van der Waals surface area contributed by atoms with Crippen molar-refractivity contribution in [2.75, 3.05) is 7.11 Å². The van der Waals surface area contributed by atoms with E-state index in [1.165, 1.54) is 16.8 Å². The van der Waals surface area contributed by atoms with Gasteiger partial charge in [-0.2, -0.15) is 0 Å². The van der Waals surface area contributed by atoms with Crippen molar-refractivity contribution >= 4 is 11.9 Å². The van der Waals surface area contributed by atoms with Crippen molar-refractivity contribution < 1.29 is 4.74 Å². The number of benzene rings is 2. The number of nitrogens with zero attached hydrogens (tertiary/aromatic N) is 2. The van der Waals surface area contributed by atoms with Crippen LogP contribution in [0.2, 0.25) is 0 Å². The molecule has 0 saturated carbocycles. The van der Waals surface area contributed by atoms with Gasteiger partial charge in [-0.25, -0.2) is 0 Å². The van der Waals surface area contributed by atoms with Crippen LogP contribution in [0.15, 0.2) is 59.6 Å². The summed E-state index contributed by atoms with van der Waals surface area (Å²) in [6.45, 7) is 6.32. The molecule has 0 saturated heterocycles. The van der Waals surface area contributed by atoms with Crippen molar-refractivity contribution in [3.63, 3.8) is 0 Å². The molecule has 0 unspecified atom stereocenters. The van der Waals surface area contributed by atoms with Gasteiger partial charge in [-0.3, -0.25) is 4.99 Å². The van der Waals surface area contributed by atoms with E-state index in [1.54, 1.807) is 7.11 Å². The Morgan fingerprint density at radius 1 is 0.875 bits per heavy atom. The maximum atomic E-state index is 5.24. The average molecular weight is 318 g/mol. The fourth-order valence-corrected chi connectivity index (χ4v) is 2.69. The smallest absolute Gasteiger partial charge is 0.119 e. The van der Waals surface area contributed by atoms with Crippen LogP contribution in [0.4, 0.5) is 5.69 Å². The molecule has 3 nitrogen and oxygen atoms in total. The van der Waals surface area contributed by atoms with Gasteiger partial charge in [0.2, 0.25) is 0 Å². The SMILES string of the molecule is COc1ccc(-n2c(C)ccc2C=Nc2ccc(C)c(C)c2)cc1. The van der Waals surface area contributed by atoms with Gasteiger partial charge in [0, 0.05) is 11.4 Å². The van der Waals surface area contributed by atoms with Gasteiger partial charge in [-0.15, -0.1) is 0 Å². The average Bonchev–Trinajstić information content (AvgIpc) is 2.97. The zero-order valence-electron chi connectivity index (χ0n) is 14.6. The molecule has 3 rings (SSSR count). The van der Waals surface area contributed by atoms with Gasteiger partial charge in [0.25, 0.3) is 0 Å². The molecule has 0 aliphatic carbocycles. The number of aromatic nitrogens is 1. The van der Waals surface area contributed by atoms with Gasteiger partial charge >= 0.3 is 0 Å². The van der Waals surface area contributed by atoms with E-state index in [-0.39, 0.29) is 0 Å². The van der Waals surface area contributed by atoms with Crippen LogP contribution in [-0.4, -0.2) is 17.9 Å². The van der Waals surface area contributed by atoms with Gasteiger partial charge < -0.3 is 9.30 Å². The predicted octanol–water partition coefficient (Wildman–Crippen LogP) is 5.16. The first-order valence-corrected chi connectivity index (χ1v) is 8.02. The van der Waals surface area contributed by atoms with Crippen molar-refractivity contribution in [3.05, 3.63) is 77.1 Å². The number of aryl methyl sites for hydroxylation is 3. The van der Waals surface area contributed by atoms with Gasteiger partial charge in [-0.1, -0.05) is 6.07 Å². The van der Waals surface area contributed by atoms with Gasteiger partial charge in [0.1, 0.15) is 5.75 Å². The molecule has 0 radical (unpaired) electrons. The monoisotopic (exact) mass is 318 g/mol. The lowest BCUT2D eigenvalue weighted by molar-refractivity contribution is 0.414. The van der Waals surface area contributed by atoms with E-state index in [9.17, 15) is 0 Å². The van der Waals surface area contributed by atoms with Crippen molar-refractivity contribution in [3.8, 4) is 11.4 Å². The lowest BCUT2D eigenvalue weighted by Crippen LogP contribution is -2.01. The summed E-state index contributed by atoms with van der Waals surface area (Å²) >= 11 is 0. The molecule has 0 aliphatic heterocycles. The first kappa shape index (κ1) is 16.1. The molecule has 0 N–H and O–H groups in total. The summed E-state index contributed by atoms with van der Waals surface area (Å²) in [7, 11) is 1.68. The molecule has 122 valence electrons. The highest BCUT2D eigenvalue weighted by molar-refractivity contribution is 5.81. The van der Waals surface area contributed by atoms with Crippen LogP contribution in [0, 0.1) is 20.8 Å². The summed E-state index contributed by atoms with van der Waals surface area (Å²) in [4.78, 5) is 4.64. The molecule has 0 bridgehead atoms. The molecule has 3 heteroatoms. The number of rotatable bonds is 4. The molecule has 2 aromatic carbocycles. The van der Waals surface area contributed by atoms with Crippen LogP contribution < -0.4 is 4.74 Å². The van der Waals surface area contributed by atoms with E-state index in [0.29, 0.717) is 0 Å². The third-order valence-corrected chi connectivity index (χ3v) is 4.27. The fourth-order valence-electron chi connectivity index (χ4n) is 2.69. The van der Waals surface area contributed by atoms with Crippen LogP contribution in [-0.2, 0) is 0 Å². The molecule has 3 aromatic rings. The maximum absolute atomic E-state index is 5.24. The summed E-state index contributed by atoms with van der Waals surface area (Å²) in [6.07, 6.45) is 1.92. The zero-order valence-corrected chi connectivity index (χ0v) is 14.6. The molecular formula is C21H22N2O. The minimum absolute atomic E-state index is 0.855. The Balaban J connectivity index is 1.94. The van der Waals surface area contributed by atoms with Crippen molar-refractivity contribution in [1.82, 2.24) is 4.57 Å². The van der Waals surface area contributed by atoms with E-state index in [2.05, 4.69) is 66.7 Å². The summed E-state index contributed by atoms with van der Waals surface area (Å²) < 4.78 is 7.42. The highest BCUT2D eigenvalue weighted by Crippen LogP contribution is 2.21. The zero-order chi connectivity index (χ0) is 17.1. The standard InChI is InChI=1S/C21H22N2O/c1-15-5-7-18(13-16(15)2)22-14-20-8-6-17(3)23(20)19-9-11-21(24-4)12-10-19/h5-14H,1-4H3. The third kappa shape index (κ3) is 3.25. The number of aliphatic imine (C=N–C) groups is 1. The number of methoxy groups -OCH3 is 1. The molecule has 0 amide bonds. The summed E-state index contributed by atoms with van der Waals surface area (Å²) in [5.41, 5.74) is 6.83. The predicted molar refractivity (Wildman–Crippen MR) is 100 cm³/mol. The van der Waals surface area contributed by atoms with E-state index >= 15 is 0 Å². The topological polar surface area (TPSA) is 26.5 Å². The quantitative estimate of drug-likeness (QED) is 0.610. The second-order valence-corrected chi connectivity index (χ2v) is 5.96. The first-order valence-electron chi connectivity index (χ1n) is 8.02. The van der Waals surface area contributed by atoms with E-state index in [0.717, 1.165) is 22.8 Å². The largest absolute Gasteiger partial charge is 0.497 e. The Morgan fingerprint density at radius 2 is 1.62 bits per heavy atom. The Kier molecular flexibility index (Phi) is 4.52. The third-order valence-electron chi connectivity index (χ3n) is 4.27. The normalized spacial score (nSPS) is 11.2. The van der Waals surface area contributed by atoms with Crippen molar-refractivity contribution in [2.45, 2.75) is 20.8 Å². The highest BCUT2D eigenvalue weighted by atomic mass is 16.5. The van der Waals surface area contributed by atoms with Crippen LogP contribution in [0.25, 0.3) is 5.69 Å². The number of hydrogen-bond donors (Lipinski definition) is 0. The Hall–Kier alpha value is -2.81. The van der Waals surface area contributed by atoms with E-state index < -0.39 is 0 Å². The Labute approximate surface area is 143 Å². The molecule has 0 fully saturated rings. The van der Waals surface area contributed by atoms with Crippen molar-refractivity contribution in [2.24, 2.45) is 4.99 Å². The van der Waals surface area contributed by atoms with Crippen LogP contribution in [0.1, 0.15) is 22.5 Å². The fraction of sp³-hybridized carbons (Fsp3) is 0.190. The summed E-state index contributed by atoms with van der Waals surface area (Å²) in [6, 6.07) is 18.5. The molecule has 24 heavy (non-hydrogen) atoms. The lowest BCUT2D eigenvalue weighted by atomic mass is 10.1. The van der Waals surface area contributed by atoms with Gasteiger partial charge in [-0.05, 0) is 80.4 Å². The lowest BCUT2D eigenvalue weighted by Gasteiger charge is -2.10. The number of ether oxygens (including phenoxy) is 1. The molecule has 0 spiro atoms. The Bertz CT molecular complexity index is 873. The summed E-state index contributed by atoms with van der Waals surface area (Å²) in [5, 5.41) is 0. The van der Waals surface area contributed by atoms with Gasteiger partial charge in [0.05, 0.1) is 24.7 Å². The minimum Gasteiger partial charge on any atom is -0.497 e. The van der Waals surface area contributed by atoms with Crippen molar-refractivity contribution in [1.29, 1.82) is 0 Å². The van der Waals surface area contributed by atoms with Crippen LogP contribution >= 0.6 is 0 Å². The van der Waals surface area contributed by atoms with Gasteiger partial charge in [0.15, 0.2) is 0 Å². The second-order valence-electron chi connectivity index (χ2n) is 5.96. The molecule has 0 atom stereocenters. The van der Waals surface area contributed by atoms with E-state index in [1.807, 2.05) is 24.4 Å². The first-order chi connectivity index (χ1) is 11.6. The minimum atomic E-state index is 0.855. The Morgan fingerprint density at radius 3 is 2.29 bits per heavy atom. The van der Waals surface area contributed by atoms with E-state index in [4.69, 9.17) is 4.74 Å². The number of hydrogen-bond acceptors (Lipinski definition) is 2. The molecule has 1 heterocycles. The van der Waals surface area contributed by atoms with Crippen LogP contribution in [0.3, 0.4) is 0 Å². The highest BCUT2D eigenvalue weighted by Gasteiger charge is 2.06. The molecular weight excluding hydrogens is 296 g/mol. The molecule has 0 aliphatic rings. The summed E-state index contributed by atoms with van der Waals surface area (Å²) in [5.74, 6) is 0.855. The maximum Gasteiger partial charge on any atom is 0.119 e. The molecule has 1 aromatic heterocycles. The second kappa shape index (κ2) is 6.75.